The molecule has 132 valence electrons. The predicted octanol–water partition coefficient (Wildman–Crippen LogP) is 2.97. The zero-order valence-corrected chi connectivity index (χ0v) is 14.3. The van der Waals surface area contributed by atoms with Gasteiger partial charge >= 0.3 is 5.97 Å². The van der Waals surface area contributed by atoms with Crippen LogP contribution in [0.25, 0.3) is 5.57 Å². The van der Waals surface area contributed by atoms with Crippen molar-refractivity contribution < 1.29 is 19.1 Å². The highest BCUT2D eigenvalue weighted by molar-refractivity contribution is 5.92. The van der Waals surface area contributed by atoms with E-state index in [-0.39, 0.29) is 12.5 Å². The number of ether oxygens (including phenoxy) is 1. The summed E-state index contributed by atoms with van der Waals surface area (Å²) in [5.41, 5.74) is 3.19. The van der Waals surface area contributed by atoms with Crippen molar-refractivity contribution in [1.29, 1.82) is 0 Å². The van der Waals surface area contributed by atoms with Crippen molar-refractivity contribution >= 4 is 23.7 Å². The van der Waals surface area contributed by atoms with Crippen LogP contribution in [0.4, 0.5) is 0 Å². The number of esters is 1. The first-order valence-corrected chi connectivity index (χ1v) is 8.42. The van der Waals surface area contributed by atoms with Gasteiger partial charge in [0.1, 0.15) is 6.29 Å². The van der Waals surface area contributed by atoms with Crippen LogP contribution in [0.3, 0.4) is 0 Å². The summed E-state index contributed by atoms with van der Waals surface area (Å²) < 4.78 is 5.09. The predicted molar refractivity (Wildman–Crippen MR) is 97.7 cm³/mol. The van der Waals surface area contributed by atoms with Crippen LogP contribution in [0.2, 0.25) is 0 Å². The fraction of sp³-hybridized carbons (Fsp3) is 0.190. The van der Waals surface area contributed by atoms with E-state index in [0.717, 1.165) is 6.42 Å². The van der Waals surface area contributed by atoms with Crippen molar-refractivity contribution in [2.75, 3.05) is 19.7 Å². The van der Waals surface area contributed by atoms with Gasteiger partial charge in [0.15, 0.2) is 6.61 Å². The van der Waals surface area contributed by atoms with Gasteiger partial charge in [-0.1, -0.05) is 48.5 Å². The molecule has 1 heterocycles. The molecule has 1 aliphatic heterocycles. The third-order valence-electron chi connectivity index (χ3n) is 4.32. The molecule has 0 fully saturated rings. The van der Waals surface area contributed by atoms with E-state index in [2.05, 4.69) is 12.1 Å². The number of carbonyl (C=O) groups excluding carboxylic acids is 3. The summed E-state index contributed by atoms with van der Waals surface area (Å²) in [6.45, 7) is 0.822. The number of carbonyl (C=O) groups is 3. The second-order valence-electron chi connectivity index (χ2n) is 6.00. The van der Waals surface area contributed by atoms with E-state index >= 15 is 0 Å². The largest absolute Gasteiger partial charge is 0.452 e. The summed E-state index contributed by atoms with van der Waals surface area (Å²) in [4.78, 5) is 36.5. The molecule has 2 aromatic rings. The number of benzene rings is 2. The Morgan fingerprint density at radius 2 is 1.77 bits per heavy atom. The van der Waals surface area contributed by atoms with Gasteiger partial charge in [0.2, 0.25) is 0 Å². The molecule has 1 aliphatic rings. The Kier molecular flexibility index (Phi) is 5.59. The standard InChI is InChI=1S/C21H19NO4/c23-14-16-6-8-19(9-7-16)21(25)26-15-20(24)22-12-10-18(11-13-22)17-4-2-1-3-5-17/h1-10,14H,11-13,15H2. The van der Waals surface area contributed by atoms with Gasteiger partial charge in [0, 0.05) is 18.7 Å². The zero-order valence-electron chi connectivity index (χ0n) is 14.3. The molecule has 0 saturated carbocycles. The number of hydrogen-bond acceptors (Lipinski definition) is 4. The molecule has 0 atom stereocenters. The Morgan fingerprint density at radius 1 is 1.04 bits per heavy atom. The molecule has 5 nitrogen and oxygen atoms in total. The normalized spacial score (nSPS) is 13.7. The molecule has 3 rings (SSSR count). The Balaban J connectivity index is 1.52. The van der Waals surface area contributed by atoms with Crippen LogP contribution >= 0.6 is 0 Å². The molecule has 0 N–H and O–H groups in total. The topological polar surface area (TPSA) is 63.7 Å². The Labute approximate surface area is 151 Å². The maximum absolute atomic E-state index is 12.3. The summed E-state index contributed by atoms with van der Waals surface area (Å²) in [6, 6.07) is 16.2. The molecule has 0 aliphatic carbocycles. The van der Waals surface area contributed by atoms with Crippen molar-refractivity contribution in [2.24, 2.45) is 0 Å². The average Bonchev–Trinajstić information content (AvgIpc) is 2.72. The lowest BCUT2D eigenvalue weighted by atomic mass is 10.00. The van der Waals surface area contributed by atoms with Crippen LogP contribution in [0.5, 0.6) is 0 Å². The Morgan fingerprint density at radius 3 is 2.38 bits per heavy atom. The first-order chi connectivity index (χ1) is 12.7. The minimum atomic E-state index is -0.576. The van der Waals surface area contributed by atoms with Crippen molar-refractivity contribution in [1.82, 2.24) is 4.90 Å². The fourth-order valence-corrected chi connectivity index (χ4v) is 2.81. The first-order valence-electron chi connectivity index (χ1n) is 8.42. The van der Waals surface area contributed by atoms with Crippen LogP contribution < -0.4 is 0 Å². The number of hydrogen-bond donors (Lipinski definition) is 0. The second-order valence-corrected chi connectivity index (χ2v) is 6.00. The Bertz CT molecular complexity index is 825. The van der Waals surface area contributed by atoms with Gasteiger partial charge in [-0.2, -0.15) is 0 Å². The number of amides is 1. The number of aldehydes is 1. The molecule has 0 spiro atoms. The lowest BCUT2D eigenvalue weighted by Crippen LogP contribution is -2.37. The van der Waals surface area contributed by atoms with Gasteiger partial charge in [-0.25, -0.2) is 4.79 Å². The third kappa shape index (κ3) is 4.25. The third-order valence-corrected chi connectivity index (χ3v) is 4.32. The van der Waals surface area contributed by atoms with E-state index in [1.54, 1.807) is 4.90 Å². The SMILES string of the molecule is O=Cc1ccc(C(=O)OCC(=O)N2CC=C(c3ccccc3)CC2)cc1. The minimum Gasteiger partial charge on any atom is -0.452 e. The van der Waals surface area contributed by atoms with E-state index in [0.29, 0.717) is 30.5 Å². The molecule has 0 saturated heterocycles. The molecule has 0 bridgehead atoms. The van der Waals surface area contributed by atoms with E-state index < -0.39 is 5.97 Å². The summed E-state index contributed by atoms with van der Waals surface area (Å²) >= 11 is 0. The van der Waals surface area contributed by atoms with E-state index in [1.807, 2.05) is 24.3 Å². The van der Waals surface area contributed by atoms with Gasteiger partial charge in [0.25, 0.3) is 5.91 Å². The van der Waals surface area contributed by atoms with E-state index in [9.17, 15) is 14.4 Å². The highest BCUT2D eigenvalue weighted by Gasteiger charge is 2.19. The van der Waals surface area contributed by atoms with Gasteiger partial charge in [0.05, 0.1) is 5.56 Å². The van der Waals surface area contributed by atoms with Gasteiger partial charge < -0.3 is 9.64 Å². The van der Waals surface area contributed by atoms with Crippen LogP contribution in [0.15, 0.2) is 60.7 Å². The summed E-state index contributed by atoms with van der Waals surface area (Å²) in [7, 11) is 0. The number of nitrogens with zero attached hydrogens (tertiary/aromatic N) is 1. The van der Waals surface area contributed by atoms with Crippen LogP contribution in [0.1, 0.15) is 32.7 Å². The van der Waals surface area contributed by atoms with Crippen molar-refractivity contribution in [3.63, 3.8) is 0 Å². The molecule has 0 unspecified atom stereocenters. The number of rotatable bonds is 5. The molecular weight excluding hydrogens is 330 g/mol. The van der Waals surface area contributed by atoms with E-state index in [1.165, 1.54) is 35.4 Å². The lowest BCUT2D eigenvalue weighted by Gasteiger charge is -2.26. The van der Waals surface area contributed by atoms with Crippen molar-refractivity contribution in [3.8, 4) is 0 Å². The smallest absolute Gasteiger partial charge is 0.338 e. The summed E-state index contributed by atoms with van der Waals surface area (Å²) in [6.07, 6.45) is 3.51. The second kappa shape index (κ2) is 8.25. The molecule has 26 heavy (non-hydrogen) atoms. The average molecular weight is 349 g/mol. The van der Waals surface area contributed by atoms with Gasteiger partial charge in [-0.3, -0.25) is 9.59 Å². The fourth-order valence-electron chi connectivity index (χ4n) is 2.81. The summed E-state index contributed by atoms with van der Waals surface area (Å²) in [5.74, 6) is -0.792. The van der Waals surface area contributed by atoms with Crippen molar-refractivity contribution in [3.05, 3.63) is 77.4 Å². The van der Waals surface area contributed by atoms with E-state index in [4.69, 9.17) is 4.74 Å². The maximum atomic E-state index is 12.3. The molecule has 5 heteroatoms. The quantitative estimate of drug-likeness (QED) is 0.615. The van der Waals surface area contributed by atoms with Crippen LogP contribution in [0, 0.1) is 0 Å². The Hall–Kier alpha value is -3.21. The monoisotopic (exact) mass is 349 g/mol. The molecule has 0 aromatic heterocycles. The molecule has 0 radical (unpaired) electrons. The highest BCUT2D eigenvalue weighted by Crippen LogP contribution is 2.22. The minimum absolute atomic E-state index is 0.216. The summed E-state index contributed by atoms with van der Waals surface area (Å²) in [5, 5.41) is 0. The van der Waals surface area contributed by atoms with Crippen LogP contribution in [-0.2, 0) is 9.53 Å². The first kappa shape index (κ1) is 17.6. The van der Waals surface area contributed by atoms with Crippen molar-refractivity contribution in [2.45, 2.75) is 6.42 Å². The lowest BCUT2D eigenvalue weighted by molar-refractivity contribution is -0.134. The van der Waals surface area contributed by atoms with Gasteiger partial charge in [-0.15, -0.1) is 0 Å². The van der Waals surface area contributed by atoms with Gasteiger partial charge in [-0.05, 0) is 29.7 Å². The van der Waals surface area contributed by atoms with Crippen LogP contribution in [-0.4, -0.2) is 42.8 Å². The molecular formula is C21H19NO4. The zero-order chi connectivity index (χ0) is 18.4. The molecule has 2 aromatic carbocycles. The highest BCUT2D eigenvalue weighted by atomic mass is 16.5. The maximum Gasteiger partial charge on any atom is 0.338 e. The molecule has 1 amide bonds.